The van der Waals surface area contributed by atoms with E-state index in [-0.39, 0.29) is 0 Å². The van der Waals surface area contributed by atoms with Crippen LogP contribution in [0.1, 0.15) is 11.1 Å². The minimum atomic E-state index is 0.681. The van der Waals surface area contributed by atoms with Crippen molar-refractivity contribution in [3.05, 3.63) is 53.6 Å². The Bertz CT molecular complexity index is 596. The Labute approximate surface area is 101 Å². The molecule has 2 aromatic rings. The zero-order valence-corrected chi connectivity index (χ0v) is 9.90. The molecule has 2 heteroatoms. The number of nitrogens with zero attached hydrogens (tertiary/aromatic N) is 1. The Morgan fingerprint density at radius 2 is 1.65 bits per heavy atom. The molecule has 0 radical (unpaired) electrons. The molecule has 0 saturated carbocycles. The summed E-state index contributed by atoms with van der Waals surface area (Å²) in [6, 6.07) is 13.9. The number of aliphatic imine (C=N–C) groups is 1. The van der Waals surface area contributed by atoms with Crippen molar-refractivity contribution in [3.63, 3.8) is 0 Å². The van der Waals surface area contributed by atoms with Crippen molar-refractivity contribution in [3.8, 4) is 11.1 Å². The normalized spacial score (nSPS) is 9.76. The summed E-state index contributed by atoms with van der Waals surface area (Å²) in [6.07, 6.45) is 1.59. The molecule has 2 nitrogen and oxygen atoms in total. The van der Waals surface area contributed by atoms with E-state index in [4.69, 9.17) is 0 Å². The molecule has 0 heterocycles. The number of rotatable bonds is 2. The fourth-order valence-electron chi connectivity index (χ4n) is 1.96. The summed E-state index contributed by atoms with van der Waals surface area (Å²) >= 11 is 0. The highest BCUT2D eigenvalue weighted by Crippen LogP contribution is 2.31. The molecule has 0 spiro atoms. The van der Waals surface area contributed by atoms with E-state index < -0.39 is 0 Å². The van der Waals surface area contributed by atoms with E-state index in [1.807, 2.05) is 37.3 Å². The average molecular weight is 223 g/mol. The lowest BCUT2D eigenvalue weighted by Gasteiger charge is -2.10. The van der Waals surface area contributed by atoms with Gasteiger partial charge in [0.25, 0.3) is 0 Å². The van der Waals surface area contributed by atoms with Crippen LogP contribution in [-0.4, -0.2) is 6.08 Å². The highest BCUT2D eigenvalue weighted by molar-refractivity contribution is 5.75. The van der Waals surface area contributed by atoms with Crippen LogP contribution in [0.25, 0.3) is 11.1 Å². The van der Waals surface area contributed by atoms with Crippen LogP contribution in [0.4, 0.5) is 5.69 Å². The number of hydrogen-bond donors (Lipinski definition) is 0. The van der Waals surface area contributed by atoms with E-state index in [9.17, 15) is 4.79 Å². The molecule has 0 saturated heterocycles. The molecular formula is C15H13NO. The molecule has 2 aromatic carbocycles. The topological polar surface area (TPSA) is 29.4 Å². The number of carbonyl (C=O) groups excluding carboxylic acids is 1. The van der Waals surface area contributed by atoms with Crippen LogP contribution in [0.3, 0.4) is 0 Å². The lowest BCUT2D eigenvalue weighted by molar-refractivity contribution is 0.565. The molecule has 0 aliphatic rings. The second kappa shape index (κ2) is 4.77. The summed E-state index contributed by atoms with van der Waals surface area (Å²) in [5.41, 5.74) is 5.18. The van der Waals surface area contributed by atoms with Crippen LogP contribution in [0.5, 0.6) is 0 Å². The monoisotopic (exact) mass is 223 g/mol. The fourth-order valence-corrected chi connectivity index (χ4v) is 1.96. The van der Waals surface area contributed by atoms with E-state index in [1.54, 1.807) is 6.08 Å². The maximum atomic E-state index is 10.3. The largest absolute Gasteiger partial charge is 0.240 e. The summed E-state index contributed by atoms with van der Waals surface area (Å²) in [6.45, 7) is 4.04. The molecule has 84 valence electrons. The number of aryl methyl sites for hydroxylation is 1. The lowest BCUT2D eigenvalue weighted by Crippen LogP contribution is -1.86. The van der Waals surface area contributed by atoms with Crippen molar-refractivity contribution in [2.75, 3.05) is 0 Å². The third-order valence-electron chi connectivity index (χ3n) is 2.91. The van der Waals surface area contributed by atoms with Crippen LogP contribution in [-0.2, 0) is 4.79 Å². The number of benzene rings is 2. The van der Waals surface area contributed by atoms with Gasteiger partial charge in [0.05, 0.1) is 5.69 Å². The van der Waals surface area contributed by atoms with Crippen LogP contribution < -0.4 is 0 Å². The maximum absolute atomic E-state index is 10.3. The Hall–Kier alpha value is -2.18. The molecule has 0 N–H and O–H groups in total. The fraction of sp³-hybridized carbons (Fsp3) is 0.133. The zero-order chi connectivity index (χ0) is 12.3. The average Bonchev–Trinajstić information content (AvgIpc) is 2.33. The second-order valence-electron chi connectivity index (χ2n) is 3.97. The molecule has 2 rings (SSSR count). The molecule has 0 aromatic heterocycles. The van der Waals surface area contributed by atoms with Gasteiger partial charge in [0.1, 0.15) is 0 Å². The molecule has 0 aliphatic heterocycles. The van der Waals surface area contributed by atoms with Crippen molar-refractivity contribution < 1.29 is 4.79 Å². The third-order valence-corrected chi connectivity index (χ3v) is 2.91. The summed E-state index contributed by atoms with van der Waals surface area (Å²) in [5.74, 6) is 0. The van der Waals surface area contributed by atoms with Gasteiger partial charge in [0.2, 0.25) is 6.08 Å². The quantitative estimate of drug-likeness (QED) is 0.560. The first-order valence-electron chi connectivity index (χ1n) is 5.47. The summed E-state index contributed by atoms with van der Waals surface area (Å²) in [7, 11) is 0. The third kappa shape index (κ3) is 2.17. The van der Waals surface area contributed by atoms with Crippen molar-refractivity contribution in [2.24, 2.45) is 4.99 Å². The first-order valence-corrected chi connectivity index (χ1v) is 5.47. The first-order chi connectivity index (χ1) is 8.24. The molecule has 0 atom stereocenters. The van der Waals surface area contributed by atoms with Crippen molar-refractivity contribution in [2.45, 2.75) is 13.8 Å². The smallest absolute Gasteiger partial charge is 0.211 e. The van der Waals surface area contributed by atoms with Gasteiger partial charge in [-0.05, 0) is 42.2 Å². The SMILES string of the molecule is Cc1ccccc1-c1cccc(N=C=O)c1C. The van der Waals surface area contributed by atoms with Gasteiger partial charge in [0, 0.05) is 0 Å². The molecule has 0 aliphatic carbocycles. The zero-order valence-electron chi connectivity index (χ0n) is 9.90. The van der Waals surface area contributed by atoms with Crippen LogP contribution in [0.15, 0.2) is 47.5 Å². The highest BCUT2D eigenvalue weighted by atomic mass is 16.1. The molecule has 0 fully saturated rings. The molecule has 0 amide bonds. The Morgan fingerprint density at radius 1 is 0.941 bits per heavy atom. The van der Waals surface area contributed by atoms with Gasteiger partial charge in [0.15, 0.2) is 0 Å². The van der Waals surface area contributed by atoms with Gasteiger partial charge in [-0.2, -0.15) is 4.99 Å². The minimum absolute atomic E-state index is 0.681. The van der Waals surface area contributed by atoms with Gasteiger partial charge in [-0.25, -0.2) is 4.79 Å². The summed E-state index contributed by atoms with van der Waals surface area (Å²) < 4.78 is 0. The Morgan fingerprint density at radius 3 is 2.35 bits per heavy atom. The van der Waals surface area contributed by atoms with Gasteiger partial charge in [-0.15, -0.1) is 0 Å². The predicted molar refractivity (Wildman–Crippen MR) is 69.1 cm³/mol. The standard InChI is InChI=1S/C15H13NO/c1-11-6-3-4-7-13(11)14-8-5-9-15(12(14)2)16-10-17/h3-9H,1-2H3. The van der Waals surface area contributed by atoms with E-state index >= 15 is 0 Å². The number of isocyanates is 1. The highest BCUT2D eigenvalue weighted by Gasteiger charge is 2.07. The molecular weight excluding hydrogens is 210 g/mol. The van der Waals surface area contributed by atoms with Crippen LogP contribution in [0.2, 0.25) is 0 Å². The van der Waals surface area contributed by atoms with Crippen molar-refractivity contribution >= 4 is 11.8 Å². The van der Waals surface area contributed by atoms with Crippen LogP contribution >= 0.6 is 0 Å². The van der Waals surface area contributed by atoms with Gasteiger partial charge >= 0.3 is 0 Å². The first kappa shape index (κ1) is 11.3. The molecule has 17 heavy (non-hydrogen) atoms. The Kier molecular flexibility index (Phi) is 3.17. The Balaban J connectivity index is 2.65. The van der Waals surface area contributed by atoms with Crippen molar-refractivity contribution in [1.82, 2.24) is 0 Å². The summed E-state index contributed by atoms with van der Waals surface area (Å²) in [5, 5.41) is 0. The van der Waals surface area contributed by atoms with Gasteiger partial charge < -0.3 is 0 Å². The van der Waals surface area contributed by atoms with Crippen LogP contribution in [0, 0.1) is 13.8 Å². The molecule has 0 bridgehead atoms. The number of hydrogen-bond acceptors (Lipinski definition) is 2. The van der Waals surface area contributed by atoms with Gasteiger partial charge in [-0.1, -0.05) is 36.4 Å². The van der Waals surface area contributed by atoms with E-state index in [0.717, 1.165) is 11.1 Å². The van der Waals surface area contributed by atoms with E-state index in [1.165, 1.54) is 11.1 Å². The predicted octanol–water partition coefficient (Wildman–Crippen LogP) is 3.94. The second-order valence-corrected chi connectivity index (χ2v) is 3.97. The summed E-state index contributed by atoms with van der Waals surface area (Å²) in [4.78, 5) is 14.1. The minimum Gasteiger partial charge on any atom is -0.211 e. The van der Waals surface area contributed by atoms with Gasteiger partial charge in [-0.3, -0.25) is 0 Å². The maximum Gasteiger partial charge on any atom is 0.240 e. The van der Waals surface area contributed by atoms with E-state index in [2.05, 4.69) is 24.0 Å². The molecule has 0 unspecified atom stereocenters. The lowest BCUT2D eigenvalue weighted by atomic mass is 9.96. The van der Waals surface area contributed by atoms with E-state index in [0.29, 0.717) is 5.69 Å². The van der Waals surface area contributed by atoms with Crippen molar-refractivity contribution in [1.29, 1.82) is 0 Å².